The fourth-order valence-electron chi connectivity index (χ4n) is 3.48. The Bertz CT molecular complexity index is 1310. The lowest BCUT2D eigenvalue weighted by atomic mass is 10.2. The van der Waals surface area contributed by atoms with Crippen molar-refractivity contribution in [1.29, 1.82) is 0 Å². The number of thioether (sulfide) groups is 1. The highest BCUT2D eigenvalue weighted by Crippen LogP contribution is 2.13. The highest BCUT2D eigenvalue weighted by Gasteiger charge is 2.15. The molecule has 2 heterocycles. The Labute approximate surface area is 188 Å². The van der Waals surface area contributed by atoms with Gasteiger partial charge in [-0.15, -0.1) is 0 Å². The van der Waals surface area contributed by atoms with E-state index in [0.29, 0.717) is 23.3 Å². The number of nitrogens with zero attached hydrogens (tertiary/aromatic N) is 2. The van der Waals surface area contributed by atoms with Crippen LogP contribution < -0.4 is 16.4 Å². The molecule has 1 N–H and O–H groups in total. The molecule has 8 heteroatoms. The number of furan rings is 1. The largest absolute Gasteiger partial charge is 0.468 e. The predicted molar refractivity (Wildman–Crippen MR) is 126 cm³/mol. The van der Waals surface area contributed by atoms with Crippen LogP contribution in [0.5, 0.6) is 0 Å². The number of nitrogens with one attached hydrogen (secondary N) is 1. The van der Waals surface area contributed by atoms with E-state index in [1.165, 1.54) is 9.13 Å². The first-order valence-corrected chi connectivity index (χ1v) is 11.4. The number of hydrogen-bond acceptors (Lipinski definition) is 5. The van der Waals surface area contributed by atoms with Crippen molar-refractivity contribution in [2.75, 3.05) is 12.3 Å². The lowest BCUT2D eigenvalue weighted by molar-refractivity contribution is -0.121. The van der Waals surface area contributed by atoms with E-state index in [1.54, 1.807) is 36.2 Å². The second-order valence-electron chi connectivity index (χ2n) is 7.24. The Balaban J connectivity index is 1.48. The van der Waals surface area contributed by atoms with Crippen LogP contribution in [-0.2, 0) is 23.6 Å². The average Bonchev–Trinajstić information content (AvgIpc) is 3.33. The van der Waals surface area contributed by atoms with Gasteiger partial charge in [-0.05, 0) is 29.8 Å². The Hall–Kier alpha value is -3.52. The zero-order chi connectivity index (χ0) is 22.3. The molecule has 0 saturated heterocycles. The number of para-hydroxylation sites is 2. The molecule has 2 aromatic carbocycles. The molecule has 0 unspecified atom stereocenters. The molecule has 1 amide bonds. The van der Waals surface area contributed by atoms with Crippen LogP contribution in [0, 0.1) is 0 Å². The number of benzene rings is 2. The van der Waals surface area contributed by atoms with Crippen molar-refractivity contribution in [1.82, 2.24) is 14.5 Å². The van der Waals surface area contributed by atoms with Gasteiger partial charge in [0.1, 0.15) is 12.3 Å². The molecular weight excluding hydrogens is 426 g/mol. The fraction of sp³-hybridized carbons (Fsp3) is 0.208. The minimum atomic E-state index is -0.707. The summed E-state index contributed by atoms with van der Waals surface area (Å²) >= 11 is 1.64. The quantitative estimate of drug-likeness (QED) is 0.314. The Kier molecular flexibility index (Phi) is 6.91. The minimum Gasteiger partial charge on any atom is -0.468 e. The first kappa shape index (κ1) is 21.7. The van der Waals surface area contributed by atoms with Crippen molar-refractivity contribution in [2.24, 2.45) is 0 Å². The van der Waals surface area contributed by atoms with Gasteiger partial charge in [0.15, 0.2) is 0 Å². The van der Waals surface area contributed by atoms with Crippen molar-refractivity contribution in [3.8, 4) is 0 Å². The average molecular weight is 450 g/mol. The maximum Gasteiger partial charge on any atom is 0.317 e. The van der Waals surface area contributed by atoms with Crippen LogP contribution in [0.1, 0.15) is 11.3 Å². The van der Waals surface area contributed by atoms with E-state index in [9.17, 15) is 14.4 Å². The van der Waals surface area contributed by atoms with E-state index in [4.69, 9.17) is 4.42 Å². The Morgan fingerprint density at radius 1 is 0.875 bits per heavy atom. The van der Waals surface area contributed by atoms with Gasteiger partial charge in [0, 0.05) is 12.3 Å². The van der Waals surface area contributed by atoms with Gasteiger partial charge in [0.2, 0.25) is 5.91 Å². The van der Waals surface area contributed by atoms with Gasteiger partial charge in [-0.25, -0.2) is 0 Å². The molecule has 164 valence electrons. The van der Waals surface area contributed by atoms with Gasteiger partial charge < -0.3 is 9.73 Å². The third-order valence-electron chi connectivity index (χ3n) is 5.01. The maximum atomic E-state index is 12.9. The summed E-state index contributed by atoms with van der Waals surface area (Å²) in [6, 6.07) is 20.4. The molecule has 0 aliphatic heterocycles. The molecule has 32 heavy (non-hydrogen) atoms. The SMILES string of the molecule is O=C(Cn1c(=O)c(=O)n(Cc2ccccc2)c2ccccc21)NCCSCc1ccco1. The predicted octanol–water partition coefficient (Wildman–Crippen LogP) is 2.85. The van der Waals surface area contributed by atoms with E-state index < -0.39 is 11.1 Å². The van der Waals surface area contributed by atoms with Crippen LogP contribution in [0.4, 0.5) is 0 Å². The molecule has 4 rings (SSSR count). The molecule has 0 bridgehead atoms. The number of carbonyl (C=O) groups is 1. The van der Waals surface area contributed by atoms with Crippen LogP contribution in [0.2, 0.25) is 0 Å². The molecule has 0 aliphatic carbocycles. The van der Waals surface area contributed by atoms with Crippen LogP contribution >= 0.6 is 11.8 Å². The topological polar surface area (TPSA) is 86.2 Å². The zero-order valence-corrected chi connectivity index (χ0v) is 18.2. The van der Waals surface area contributed by atoms with E-state index >= 15 is 0 Å². The van der Waals surface area contributed by atoms with Crippen molar-refractivity contribution in [3.63, 3.8) is 0 Å². The van der Waals surface area contributed by atoms with E-state index in [1.807, 2.05) is 48.5 Å². The Morgan fingerprint density at radius 2 is 1.56 bits per heavy atom. The number of hydrogen-bond donors (Lipinski definition) is 1. The normalized spacial score (nSPS) is 11.0. The van der Waals surface area contributed by atoms with Crippen LogP contribution in [0.3, 0.4) is 0 Å². The van der Waals surface area contributed by atoms with Crippen molar-refractivity contribution >= 4 is 28.7 Å². The first-order chi connectivity index (χ1) is 15.6. The lowest BCUT2D eigenvalue weighted by Crippen LogP contribution is -2.44. The summed E-state index contributed by atoms with van der Waals surface area (Å²) < 4.78 is 7.99. The monoisotopic (exact) mass is 449 g/mol. The van der Waals surface area contributed by atoms with Gasteiger partial charge in [-0.1, -0.05) is 42.5 Å². The number of carbonyl (C=O) groups excluding carboxylic acids is 1. The van der Waals surface area contributed by atoms with Gasteiger partial charge in [0.25, 0.3) is 0 Å². The summed E-state index contributed by atoms with van der Waals surface area (Å²) in [7, 11) is 0. The lowest BCUT2D eigenvalue weighted by Gasteiger charge is -2.15. The second-order valence-corrected chi connectivity index (χ2v) is 8.34. The molecule has 0 radical (unpaired) electrons. The molecule has 0 aliphatic rings. The zero-order valence-electron chi connectivity index (χ0n) is 17.4. The molecule has 7 nitrogen and oxygen atoms in total. The van der Waals surface area contributed by atoms with E-state index in [2.05, 4.69) is 5.32 Å². The third kappa shape index (κ3) is 5.03. The third-order valence-corrected chi connectivity index (χ3v) is 6.00. The highest BCUT2D eigenvalue weighted by atomic mass is 32.2. The molecule has 0 saturated carbocycles. The summed E-state index contributed by atoms with van der Waals surface area (Å²) in [5.74, 6) is 2.01. The minimum absolute atomic E-state index is 0.205. The van der Waals surface area contributed by atoms with Gasteiger partial charge >= 0.3 is 11.1 Å². The molecule has 4 aromatic rings. The van der Waals surface area contributed by atoms with E-state index in [-0.39, 0.29) is 19.0 Å². The molecule has 0 fully saturated rings. The Morgan fingerprint density at radius 3 is 2.28 bits per heavy atom. The summed E-state index contributed by atoms with van der Waals surface area (Å²) in [6.45, 7) is 0.543. The van der Waals surface area contributed by atoms with Gasteiger partial charge in [-0.2, -0.15) is 11.8 Å². The molecule has 0 atom stereocenters. The van der Waals surface area contributed by atoms with Crippen molar-refractivity contribution in [3.05, 3.63) is 105 Å². The van der Waals surface area contributed by atoms with Gasteiger partial charge in [0.05, 0.1) is 29.6 Å². The highest BCUT2D eigenvalue weighted by molar-refractivity contribution is 7.98. The summed E-state index contributed by atoms with van der Waals surface area (Å²) in [5.41, 5.74) is 0.733. The van der Waals surface area contributed by atoms with Crippen LogP contribution in [0.25, 0.3) is 11.0 Å². The standard InChI is InChI=1S/C24H23N3O4S/c28-22(25-12-14-32-17-19-9-6-13-31-19)16-27-21-11-5-4-10-20(21)26(23(29)24(27)30)15-18-7-2-1-3-8-18/h1-11,13H,12,14-17H2,(H,25,28). The fourth-order valence-corrected chi connectivity index (χ4v) is 4.24. The number of fused-ring (bicyclic) bond motifs is 1. The first-order valence-electron chi connectivity index (χ1n) is 10.3. The van der Waals surface area contributed by atoms with E-state index in [0.717, 1.165) is 17.1 Å². The smallest absolute Gasteiger partial charge is 0.317 e. The van der Waals surface area contributed by atoms with Gasteiger partial charge in [-0.3, -0.25) is 23.5 Å². The van der Waals surface area contributed by atoms with Crippen LogP contribution in [0.15, 0.2) is 87.0 Å². The number of aromatic nitrogens is 2. The molecule has 0 spiro atoms. The second kappa shape index (κ2) is 10.2. The summed E-state index contributed by atoms with van der Waals surface area (Å²) in [4.78, 5) is 38.2. The summed E-state index contributed by atoms with van der Waals surface area (Å²) in [6.07, 6.45) is 1.63. The number of rotatable bonds is 9. The summed E-state index contributed by atoms with van der Waals surface area (Å²) in [5, 5.41) is 2.82. The molecule has 2 aromatic heterocycles. The maximum absolute atomic E-state index is 12.9. The number of amides is 1. The van der Waals surface area contributed by atoms with Crippen LogP contribution in [-0.4, -0.2) is 27.3 Å². The van der Waals surface area contributed by atoms with Crippen molar-refractivity contribution < 1.29 is 9.21 Å². The van der Waals surface area contributed by atoms with Crippen molar-refractivity contribution in [2.45, 2.75) is 18.8 Å². The molecular formula is C24H23N3O4S.